The van der Waals surface area contributed by atoms with Gasteiger partial charge in [0.15, 0.2) is 0 Å². The summed E-state index contributed by atoms with van der Waals surface area (Å²) in [5.74, 6) is -1.18. The highest BCUT2D eigenvalue weighted by molar-refractivity contribution is 5.17. The van der Waals surface area contributed by atoms with E-state index in [4.69, 9.17) is 5.73 Å². The molecular weight excluding hydrogens is 279 g/mol. The molecule has 0 radical (unpaired) electrons. The van der Waals surface area contributed by atoms with Crippen molar-refractivity contribution in [2.45, 2.75) is 44.4 Å². The summed E-state index contributed by atoms with van der Waals surface area (Å²) in [5, 5.41) is 0. The molecule has 1 aliphatic rings. The molecular formula is C15H22F3N3. The van der Waals surface area contributed by atoms with Crippen molar-refractivity contribution in [3.63, 3.8) is 0 Å². The van der Waals surface area contributed by atoms with Crippen LogP contribution >= 0.6 is 0 Å². The standard InChI is InChI=1S/C15H22F3N3/c1-2-13(19)14(11-3-7-20-8-4-11)21-9-5-12(6-10-21)15(16,17)18/h3-4,7-8,12-14H,2,5-6,9-10,19H2,1H3. The Bertz CT molecular complexity index is 428. The quantitative estimate of drug-likeness (QED) is 0.929. The molecule has 1 aromatic heterocycles. The molecule has 0 saturated carbocycles. The van der Waals surface area contributed by atoms with Crippen molar-refractivity contribution in [3.8, 4) is 0 Å². The summed E-state index contributed by atoms with van der Waals surface area (Å²) < 4.78 is 38.3. The predicted octanol–water partition coefficient (Wildman–Crippen LogP) is 3.13. The second kappa shape index (κ2) is 6.75. The highest BCUT2D eigenvalue weighted by Crippen LogP contribution is 2.37. The Morgan fingerprint density at radius 1 is 1.29 bits per heavy atom. The lowest BCUT2D eigenvalue weighted by atomic mass is 9.91. The van der Waals surface area contributed by atoms with Gasteiger partial charge in [0.05, 0.1) is 5.92 Å². The smallest absolute Gasteiger partial charge is 0.326 e. The van der Waals surface area contributed by atoms with Crippen LogP contribution in [0.3, 0.4) is 0 Å². The summed E-state index contributed by atoms with van der Waals surface area (Å²) in [6.07, 6.45) is 0.417. The molecule has 0 aromatic carbocycles. The van der Waals surface area contributed by atoms with Crippen molar-refractivity contribution in [1.82, 2.24) is 9.88 Å². The van der Waals surface area contributed by atoms with Gasteiger partial charge in [-0.05, 0) is 50.0 Å². The maximum atomic E-state index is 12.8. The molecule has 0 amide bonds. The van der Waals surface area contributed by atoms with Crippen molar-refractivity contribution in [1.29, 1.82) is 0 Å². The lowest BCUT2D eigenvalue weighted by Gasteiger charge is -2.40. The van der Waals surface area contributed by atoms with Crippen molar-refractivity contribution < 1.29 is 13.2 Å². The number of piperidine rings is 1. The molecule has 1 aliphatic heterocycles. The SMILES string of the molecule is CCC(N)C(c1ccncc1)N1CCC(C(F)(F)F)CC1. The zero-order valence-electron chi connectivity index (χ0n) is 12.2. The number of nitrogens with two attached hydrogens (primary N) is 1. The average molecular weight is 301 g/mol. The van der Waals surface area contributed by atoms with E-state index >= 15 is 0 Å². The summed E-state index contributed by atoms with van der Waals surface area (Å²) in [4.78, 5) is 6.08. The normalized spacial score (nSPS) is 21.2. The zero-order valence-corrected chi connectivity index (χ0v) is 12.2. The average Bonchev–Trinajstić information content (AvgIpc) is 2.48. The van der Waals surface area contributed by atoms with Gasteiger partial charge in [0, 0.05) is 24.5 Å². The maximum Gasteiger partial charge on any atom is 0.391 e. The zero-order chi connectivity index (χ0) is 15.5. The lowest BCUT2D eigenvalue weighted by Crippen LogP contribution is -2.46. The number of halogens is 3. The first-order chi connectivity index (χ1) is 9.93. The molecule has 118 valence electrons. The minimum Gasteiger partial charge on any atom is -0.326 e. The number of hydrogen-bond donors (Lipinski definition) is 1. The van der Waals surface area contributed by atoms with Crippen LogP contribution in [0.4, 0.5) is 13.2 Å². The molecule has 1 fully saturated rings. The molecule has 2 atom stereocenters. The van der Waals surface area contributed by atoms with Crippen LogP contribution in [0.5, 0.6) is 0 Å². The summed E-state index contributed by atoms with van der Waals surface area (Å²) in [6, 6.07) is 3.67. The van der Waals surface area contributed by atoms with Gasteiger partial charge in [-0.25, -0.2) is 0 Å². The number of pyridine rings is 1. The molecule has 0 aliphatic carbocycles. The van der Waals surface area contributed by atoms with Crippen LogP contribution < -0.4 is 5.73 Å². The van der Waals surface area contributed by atoms with Crippen LogP contribution in [0.15, 0.2) is 24.5 Å². The van der Waals surface area contributed by atoms with Gasteiger partial charge in [0.1, 0.15) is 0 Å². The van der Waals surface area contributed by atoms with Crippen LogP contribution in [0, 0.1) is 5.92 Å². The van der Waals surface area contributed by atoms with Crippen LogP contribution in [0.25, 0.3) is 0 Å². The van der Waals surface area contributed by atoms with E-state index < -0.39 is 12.1 Å². The van der Waals surface area contributed by atoms with E-state index in [0.717, 1.165) is 12.0 Å². The van der Waals surface area contributed by atoms with Gasteiger partial charge in [-0.3, -0.25) is 9.88 Å². The van der Waals surface area contributed by atoms with Gasteiger partial charge in [0.2, 0.25) is 0 Å². The Labute approximate surface area is 123 Å². The maximum absolute atomic E-state index is 12.8. The molecule has 0 bridgehead atoms. The first kappa shape index (κ1) is 16.2. The lowest BCUT2D eigenvalue weighted by molar-refractivity contribution is -0.186. The minimum absolute atomic E-state index is 0.0350. The molecule has 0 spiro atoms. The van der Waals surface area contributed by atoms with Crippen LogP contribution in [-0.4, -0.2) is 35.2 Å². The number of hydrogen-bond acceptors (Lipinski definition) is 3. The number of alkyl halides is 3. The van der Waals surface area contributed by atoms with E-state index in [1.807, 2.05) is 19.1 Å². The molecule has 2 N–H and O–H groups in total. The largest absolute Gasteiger partial charge is 0.391 e. The van der Waals surface area contributed by atoms with Crippen molar-refractivity contribution in [2.75, 3.05) is 13.1 Å². The number of aromatic nitrogens is 1. The molecule has 1 saturated heterocycles. The number of likely N-dealkylation sites (tertiary alicyclic amines) is 1. The highest BCUT2D eigenvalue weighted by atomic mass is 19.4. The van der Waals surface area contributed by atoms with Gasteiger partial charge in [-0.15, -0.1) is 0 Å². The Morgan fingerprint density at radius 3 is 2.33 bits per heavy atom. The third kappa shape index (κ3) is 3.95. The minimum atomic E-state index is -4.08. The fraction of sp³-hybridized carbons (Fsp3) is 0.667. The topological polar surface area (TPSA) is 42.1 Å². The predicted molar refractivity (Wildman–Crippen MR) is 75.6 cm³/mol. The van der Waals surface area contributed by atoms with E-state index in [2.05, 4.69) is 9.88 Å². The molecule has 6 heteroatoms. The highest BCUT2D eigenvalue weighted by Gasteiger charge is 2.42. The number of rotatable bonds is 4. The van der Waals surface area contributed by atoms with Crippen molar-refractivity contribution >= 4 is 0 Å². The number of nitrogens with zero attached hydrogens (tertiary/aromatic N) is 2. The van der Waals surface area contributed by atoms with E-state index in [1.54, 1.807) is 12.4 Å². The Morgan fingerprint density at radius 2 is 1.86 bits per heavy atom. The third-order valence-corrected chi connectivity index (χ3v) is 4.31. The van der Waals surface area contributed by atoms with Crippen LogP contribution in [0.1, 0.15) is 37.8 Å². The third-order valence-electron chi connectivity index (χ3n) is 4.31. The van der Waals surface area contributed by atoms with Gasteiger partial charge in [-0.2, -0.15) is 13.2 Å². The Hall–Kier alpha value is -1.14. The summed E-state index contributed by atoms with van der Waals surface area (Å²) in [6.45, 7) is 2.87. The van der Waals surface area contributed by atoms with Crippen molar-refractivity contribution in [2.24, 2.45) is 11.7 Å². The first-order valence-corrected chi connectivity index (χ1v) is 7.39. The second-order valence-electron chi connectivity index (χ2n) is 5.65. The fourth-order valence-electron chi connectivity index (χ4n) is 3.02. The summed E-state index contributed by atoms with van der Waals surface area (Å²) in [7, 11) is 0. The van der Waals surface area contributed by atoms with Gasteiger partial charge in [-0.1, -0.05) is 6.92 Å². The van der Waals surface area contributed by atoms with Crippen molar-refractivity contribution in [3.05, 3.63) is 30.1 Å². The fourth-order valence-corrected chi connectivity index (χ4v) is 3.02. The first-order valence-electron chi connectivity index (χ1n) is 7.39. The summed E-state index contributed by atoms with van der Waals surface area (Å²) in [5.41, 5.74) is 7.25. The van der Waals surface area contributed by atoms with Crippen LogP contribution in [-0.2, 0) is 0 Å². The van der Waals surface area contributed by atoms with Crippen LogP contribution in [0.2, 0.25) is 0 Å². The van der Waals surface area contributed by atoms with Gasteiger partial charge in [0.25, 0.3) is 0 Å². The Balaban J connectivity index is 2.10. The second-order valence-corrected chi connectivity index (χ2v) is 5.65. The molecule has 21 heavy (non-hydrogen) atoms. The summed E-state index contributed by atoms with van der Waals surface area (Å²) >= 11 is 0. The van der Waals surface area contributed by atoms with E-state index in [9.17, 15) is 13.2 Å². The Kier molecular flexibility index (Phi) is 5.22. The van der Waals surface area contributed by atoms with E-state index in [0.29, 0.717) is 13.1 Å². The molecule has 2 heterocycles. The van der Waals surface area contributed by atoms with E-state index in [1.165, 1.54) is 0 Å². The van der Waals surface area contributed by atoms with E-state index in [-0.39, 0.29) is 24.9 Å². The molecule has 2 unspecified atom stereocenters. The van der Waals surface area contributed by atoms with Gasteiger partial charge < -0.3 is 5.73 Å². The molecule has 1 aromatic rings. The van der Waals surface area contributed by atoms with Gasteiger partial charge >= 0.3 is 6.18 Å². The monoisotopic (exact) mass is 301 g/mol. The molecule has 2 rings (SSSR count). The molecule has 3 nitrogen and oxygen atoms in total.